The van der Waals surface area contributed by atoms with Crippen LogP contribution in [0.1, 0.15) is 33.6 Å². The van der Waals surface area contributed by atoms with Gasteiger partial charge in [0, 0.05) is 25.9 Å². The van der Waals surface area contributed by atoms with Gasteiger partial charge in [0.15, 0.2) is 0 Å². The summed E-state index contributed by atoms with van der Waals surface area (Å²) in [5.74, 6) is 0. The third kappa shape index (κ3) is 8.48. The first-order chi connectivity index (χ1) is 6.85. The molecule has 86 valence electrons. The molecule has 0 aromatic carbocycles. The number of hydrogen-bond acceptors (Lipinski definition) is 3. The smallest absolute Gasteiger partial charge is 0.0620 e. The first-order valence-corrected chi connectivity index (χ1v) is 5.73. The molecule has 0 saturated heterocycles. The summed E-state index contributed by atoms with van der Waals surface area (Å²) in [5, 5.41) is 3.40. The molecule has 0 rings (SSSR count). The van der Waals surface area contributed by atoms with Crippen LogP contribution in [0.3, 0.4) is 0 Å². The van der Waals surface area contributed by atoms with Crippen molar-refractivity contribution >= 4 is 0 Å². The molecule has 0 aliphatic rings. The Morgan fingerprint density at radius 2 is 1.86 bits per heavy atom. The number of rotatable bonds is 10. The van der Waals surface area contributed by atoms with E-state index in [1.807, 2.05) is 6.92 Å². The molecule has 1 unspecified atom stereocenters. The normalized spacial score (nSPS) is 13.1. The zero-order valence-corrected chi connectivity index (χ0v) is 9.84. The molecule has 0 fully saturated rings. The van der Waals surface area contributed by atoms with E-state index in [4.69, 9.17) is 9.47 Å². The maximum Gasteiger partial charge on any atom is 0.0620 e. The van der Waals surface area contributed by atoms with Crippen molar-refractivity contribution in [3.63, 3.8) is 0 Å². The quantitative estimate of drug-likeness (QED) is 0.549. The Morgan fingerprint density at radius 3 is 2.43 bits per heavy atom. The van der Waals surface area contributed by atoms with Crippen LogP contribution in [-0.4, -0.2) is 39.0 Å². The van der Waals surface area contributed by atoms with E-state index in [1.165, 1.54) is 0 Å². The molecule has 1 atom stereocenters. The van der Waals surface area contributed by atoms with Crippen molar-refractivity contribution in [2.45, 2.75) is 39.7 Å². The zero-order valence-electron chi connectivity index (χ0n) is 9.84. The molecule has 0 aromatic heterocycles. The van der Waals surface area contributed by atoms with Gasteiger partial charge in [-0.05, 0) is 26.3 Å². The van der Waals surface area contributed by atoms with Gasteiger partial charge in [0.1, 0.15) is 0 Å². The van der Waals surface area contributed by atoms with Crippen LogP contribution >= 0.6 is 0 Å². The Morgan fingerprint density at radius 1 is 1.07 bits per heavy atom. The average molecular weight is 203 g/mol. The molecule has 0 heterocycles. The van der Waals surface area contributed by atoms with Crippen LogP contribution in [0.25, 0.3) is 0 Å². The minimum atomic E-state index is 0.443. The van der Waals surface area contributed by atoms with Gasteiger partial charge < -0.3 is 14.8 Å². The van der Waals surface area contributed by atoms with E-state index in [9.17, 15) is 0 Å². The summed E-state index contributed by atoms with van der Waals surface area (Å²) in [7, 11) is 0. The second kappa shape index (κ2) is 11.0. The number of ether oxygens (including phenoxy) is 2. The highest BCUT2D eigenvalue weighted by Gasteiger charge is 2.06. The Bertz CT molecular complexity index is 99.5. The van der Waals surface area contributed by atoms with Gasteiger partial charge in [-0.1, -0.05) is 13.8 Å². The topological polar surface area (TPSA) is 30.5 Å². The lowest BCUT2D eigenvalue weighted by atomic mass is 10.2. The maximum absolute atomic E-state index is 5.51. The monoisotopic (exact) mass is 203 g/mol. The fourth-order valence-electron chi connectivity index (χ4n) is 1.27. The fraction of sp³-hybridized carbons (Fsp3) is 1.00. The lowest BCUT2D eigenvalue weighted by Gasteiger charge is -2.17. The Balaban J connectivity index is 3.44. The van der Waals surface area contributed by atoms with Gasteiger partial charge in [-0.2, -0.15) is 0 Å². The Labute approximate surface area is 88.2 Å². The molecule has 0 aliphatic carbocycles. The predicted molar refractivity (Wildman–Crippen MR) is 59.7 cm³/mol. The van der Waals surface area contributed by atoms with Crippen LogP contribution < -0.4 is 5.32 Å². The second-order valence-corrected chi connectivity index (χ2v) is 3.32. The van der Waals surface area contributed by atoms with Gasteiger partial charge in [-0.15, -0.1) is 0 Å². The third-order valence-corrected chi connectivity index (χ3v) is 1.98. The zero-order chi connectivity index (χ0) is 10.6. The summed E-state index contributed by atoms with van der Waals surface area (Å²) in [6.07, 6.45) is 2.12. The lowest BCUT2D eigenvalue weighted by Crippen LogP contribution is -2.34. The van der Waals surface area contributed by atoms with E-state index < -0.39 is 0 Å². The van der Waals surface area contributed by atoms with Crippen LogP contribution in [0, 0.1) is 0 Å². The molecule has 0 spiro atoms. The van der Waals surface area contributed by atoms with Crippen molar-refractivity contribution in [1.29, 1.82) is 0 Å². The molecule has 0 bridgehead atoms. The largest absolute Gasteiger partial charge is 0.382 e. The van der Waals surface area contributed by atoms with Crippen LogP contribution in [-0.2, 0) is 9.47 Å². The highest BCUT2D eigenvalue weighted by molar-refractivity contribution is 4.64. The summed E-state index contributed by atoms with van der Waals surface area (Å²) < 4.78 is 10.8. The molecular formula is C11H25NO2. The van der Waals surface area contributed by atoms with Gasteiger partial charge in [0.25, 0.3) is 0 Å². The van der Waals surface area contributed by atoms with E-state index in [0.717, 1.165) is 45.8 Å². The van der Waals surface area contributed by atoms with Crippen molar-refractivity contribution in [2.24, 2.45) is 0 Å². The lowest BCUT2D eigenvalue weighted by molar-refractivity contribution is 0.0871. The van der Waals surface area contributed by atoms with Crippen molar-refractivity contribution in [3.05, 3.63) is 0 Å². The van der Waals surface area contributed by atoms with Gasteiger partial charge in [0.05, 0.1) is 6.61 Å². The fourth-order valence-corrected chi connectivity index (χ4v) is 1.27. The number of nitrogens with one attached hydrogen (secondary N) is 1. The molecule has 0 aromatic rings. The predicted octanol–water partition coefficient (Wildman–Crippen LogP) is 1.82. The summed E-state index contributed by atoms with van der Waals surface area (Å²) >= 11 is 0. The van der Waals surface area contributed by atoms with Crippen molar-refractivity contribution < 1.29 is 9.47 Å². The average Bonchev–Trinajstić information content (AvgIpc) is 2.18. The molecule has 3 heteroatoms. The molecular weight excluding hydrogens is 178 g/mol. The highest BCUT2D eigenvalue weighted by Crippen LogP contribution is 1.95. The molecule has 3 nitrogen and oxygen atoms in total. The molecule has 0 saturated carbocycles. The summed E-state index contributed by atoms with van der Waals surface area (Å²) in [4.78, 5) is 0. The molecule has 0 radical (unpaired) electrons. The van der Waals surface area contributed by atoms with Crippen LogP contribution in [0.2, 0.25) is 0 Å². The SMILES string of the molecule is CCCOCC(CCOCC)NCC. The molecule has 14 heavy (non-hydrogen) atoms. The van der Waals surface area contributed by atoms with Crippen molar-refractivity contribution in [3.8, 4) is 0 Å². The van der Waals surface area contributed by atoms with Crippen molar-refractivity contribution in [2.75, 3.05) is 33.0 Å². The minimum Gasteiger partial charge on any atom is -0.382 e. The number of hydrogen-bond donors (Lipinski definition) is 1. The molecule has 0 amide bonds. The highest BCUT2D eigenvalue weighted by atomic mass is 16.5. The molecule has 1 N–H and O–H groups in total. The second-order valence-electron chi connectivity index (χ2n) is 3.32. The van der Waals surface area contributed by atoms with E-state index in [0.29, 0.717) is 6.04 Å². The van der Waals surface area contributed by atoms with Crippen LogP contribution in [0.15, 0.2) is 0 Å². The van der Waals surface area contributed by atoms with E-state index in [-0.39, 0.29) is 0 Å². The van der Waals surface area contributed by atoms with E-state index in [2.05, 4.69) is 19.2 Å². The van der Waals surface area contributed by atoms with Gasteiger partial charge in [0.2, 0.25) is 0 Å². The summed E-state index contributed by atoms with van der Waals surface area (Å²) in [5.41, 5.74) is 0. The summed E-state index contributed by atoms with van der Waals surface area (Å²) in [6.45, 7) is 10.5. The van der Waals surface area contributed by atoms with Gasteiger partial charge in [-0.3, -0.25) is 0 Å². The van der Waals surface area contributed by atoms with Crippen LogP contribution in [0.5, 0.6) is 0 Å². The first-order valence-electron chi connectivity index (χ1n) is 5.73. The molecule has 0 aliphatic heterocycles. The summed E-state index contributed by atoms with van der Waals surface area (Å²) in [6, 6.07) is 0.443. The van der Waals surface area contributed by atoms with Gasteiger partial charge in [-0.25, -0.2) is 0 Å². The van der Waals surface area contributed by atoms with E-state index >= 15 is 0 Å². The van der Waals surface area contributed by atoms with Gasteiger partial charge >= 0.3 is 0 Å². The Kier molecular flexibility index (Phi) is 10.9. The minimum absolute atomic E-state index is 0.443. The standard InChI is InChI=1S/C11H25NO2/c1-4-8-14-10-11(12-5-2)7-9-13-6-3/h11-12H,4-10H2,1-3H3. The Hall–Kier alpha value is -0.120. The van der Waals surface area contributed by atoms with Crippen LogP contribution in [0.4, 0.5) is 0 Å². The van der Waals surface area contributed by atoms with Crippen molar-refractivity contribution in [1.82, 2.24) is 5.32 Å². The first kappa shape index (κ1) is 13.9. The number of likely N-dealkylation sites (N-methyl/N-ethyl adjacent to an activating group) is 1. The van der Waals surface area contributed by atoms with E-state index in [1.54, 1.807) is 0 Å². The maximum atomic E-state index is 5.51. The third-order valence-electron chi connectivity index (χ3n) is 1.98.